The van der Waals surface area contributed by atoms with Gasteiger partial charge in [-0.1, -0.05) is 49.6 Å². The van der Waals surface area contributed by atoms with Crippen molar-refractivity contribution in [2.24, 2.45) is 5.92 Å². The summed E-state index contributed by atoms with van der Waals surface area (Å²) in [6.07, 6.45) is 6.58. The Hall–Kier alpha value is -2.28. The Balaban J connectivity index is 1.39. The largest absolute Gasteiger partial charge is 0.350 e. The van der Waals surface area contributed by atoms with E-state index in [1.807, 2.05) is 30.3 Å². The number of thioether (sulfide) groups is 1. The molecule has 2 N–H and O–H groups in total. The molecule has 0 spiro atoms. The van der Waals surface area contributed by atoms with Crippen LogP contribution >= 0.6 is 11.8 Å². The number of carbonyl (C=O) groups excluding carboxylic acids is 2. The summed E-state index contributed by atoms with van der Waals surface area (Å²) in [6, 6.07) is 9.83. The number of hydrogen-bond acceptors (Lipinski definition) is 4. The summed E-state index contributed by atoms with van der Waals surface area (Å²) in [5.41, 5.74) is 3.11. The first-order valence-corrected chi connectivity index (χ1v) is 11.6. The number of amides is 2. The molecule has 4 rings (SSSR count). The first kappa shape index (κ1) is 20.0. The lowest BCUT2D eigenvalue weighted by atomic mass is 9.87. The normalized spacial score (nSPS) is 16.4. The molecule has 2 aromatic rings. The predicted molar refractivity (Wildman–Crippen MR) is 115 cm³/mol. The number of nitrogens with zero attached hydrogens (tertiary/aromatic N) is 2. The lowest BCUT2D eigenvalue weighted by molar-refractivity contribution is -0.122. The van der Waals surface area contributed by atoms with Crippen molar-refractivity contribution in [1.82, 2.24) is 15.1 Å². The van der Waals surface area contributed by atoms with Crippen LogP contribution in [0.3, 0.4) is 0 Å². The van der Waals surface area contributed by atoms with E-state index in [4.69, 9.17) is 0 Å². The van der Waals surface area contributed by atoms with Gasteiger partial charge in [-0.2, -0.15) is 16.9 Å². The van der Waals surface area contributed by atoms with Crippen LogP contribution in [0.25, 0.3) is 0 Å². The number of fused-ring (bicyclic) bond motifs is 1. The van der Waals surface area contributed by atoms with Gasteiger partial charge in [0.25, 0.3) is 0 Å². The average Bonchev–Trinajstić information content (AvgIpc) is 3.31. The number of hydrogen-bond donors (Lipinski definition) is 2. The van der Waals surface area contributed by atoms with E-state index in [2.05, 4.69) is 15.7 Å². The van der Waals surface area contributed by atoms with Crippen molar-refractivity contribution in [3.8, 4) is 0 Å². The SMILES string of the molecule is O=C(Cn1nc2c(c1NC(=O)CC1CCCCC1)CSC2)NCc1ccccc1. The van der Waals surface area contributed by atoms with Crippen molar-refractivity contribution in [3.63, 3.8) is 0 Å². The standard InChI is InChI=1S/C22H28N4O2S/c27-20(11-16-7-3-1-4-8-16)24-22-18-14-29-15-19(18)25-26(22)13-21(28)23-12-17-9-5-2-6-10-17/h2,5-6,9-10,16H,1,3-4,7-8,11-15H2,(H,23,28)(H,24,27). The van der Waals surface area contributed by atoms with E-state index in [1.54, 1.807) is 16.4 Å². The minimum Gasteiger partial charge on any atom is -0.350 e. The number of nitrogens with one attached hydrogen (secondary N) is 2. The molecule has 2 amide bonds. The maximum absolute atomic E-state index is 12.7. The monoisotopic (exact) mass is 412 g/mol. The summed E-state index contributed by atoms with van der Waals surface area (Å²) in [4.78, 5) is 25.1. The molecule has 0 radical (unpaired) electrons. The Morgan fingerprint density at radius 1 is 1.07 bits per heavy atom. The van der Waals surface area contributed by atoms with Gasteiger partial charge in [-0.3, -0.25) is 9.59 Å². The summed E-state index contributed by atoms with van der Waals surface area (Å²) in [6.45, 7) is 0.601. The second-order valence-corrected chi connectivity index (χ2v) is 8.93. The van der Waals surface area contributed by atoms with Gasteiger partial charge in [0.1, 0.15) is 12.4 Å². The van der Waals surface area contributed by atoms with Crippen LogP contribution in [-0.4, -0.2) is 21.6 Å². The third kappa shape index (κ3) is 5.21. The molecule has 0 atom stereocenters. The number of aromatic nitrogens is 2. The molecule has 1 aliphatic carbocycles. The summed E-state index contributed by atoms with van der Waals surface area (Å²) < 4.78 is 1.67. The Morgan fingerprint density at radius 3 is 2.66 bits per heavy atom. The Labute approximate surface area is 175 Å². The number of benzene rings is 1. The maximum atomic E-state index is 12.7. The van der Waals surface area contributed by atoms with Gasteiger partial charge in [-0.25, -0.2) is 4.68 Å². The van der Waals surface area contributed by atoms with Crippen LogP contribution in [0.2, 0.25) is 0 Å². The van der Waals surface area contributed by atoms with Crippen molar-refractivity contribution in [1.29, 1.82) is 0 Å². The molecule has 6 nitrogen and oxygen atoms in total. The van der Waals surface area contributed by atoms with Crippen molar-refractivity contribution >= 4 is 29.4 Å². The molecule has 7 heteroatoms. The van der Waals surface area contributed by atoms with E-state index in [9.17, 15) is 9.59 Å². The van der Waals surface area contributed by atoms with E-state index in [1.165, 1.54) is 19.3 Å². The molecule has 2 heterocycles. The number of carbonyl (C=O) groups is 2. The Bertz CT molecular complexity index is 859. The van der Waals surface area contributed by atoms with E-state index < -0.39 is 0 Å². The van der Waals surface area contributed by atoms with Crippen LogP contribution in [-0.2, 0) is 34.2 Å². The minimum atomic E-state index is -0.106. The average molecular weight is 413 g/mol. The van der Waals surface area contributed by atoms with E-state index in [0.717, 1.165) is 41.2 Å². The van der Waals surface area contributed by atoms with Gasteiger partial charge in [0, 0.05) is 30.0 Å². The topological polar surface area (TPSA) is 76.0 Å². The third-order valence-corrected chi connectivity index (χ3v) is 6.67. The molecule has 0 bridgehead atoms. The lowest BCUT2D eigenvalue weighted by Gasteiger charge is -2.21. The fourth-order valence-electron chi connectivity index (χ4n) is 4.15. The van der Waals surface area contributed by atoms with Crippen molar-refractivity contribution < 1.29 is 9.59 Å². The number of anilines is 1. The molecular weight excluding hydrogens is 384 g/mol. The molecule has 1 aliphatic heterocycles. The van der Waals surface area contributed by atoms with Crippen LogP contribution in [0.4, 0.5) is 5.82 Å². The molecule has 1 fully saturated rings. The quantitative estimate of drug-likeness (QED) is 0.724. The summed E-state index contributed by atoms with van der Waals surface area (Å²) >= 11 is 1.79. The van der Waals surface area contributed by atoms with Gasteiger partial charge >= 0.3 is 0 Å². The second-order valence-electron chi connectivity index (χ2n) is 7.94. The van der Waals surface area contributed by atoms with Crippen LogP contribution in [0.1, 0.15) is 55.3 Å². The zero-order valence-electron chi connectivity index (χ0n) is 16.7. The van der Waals surface area contributed by atoms with Gasteiger partial charge < -0.3 is 10.6 Å². The van der Waals surface area contributed by atoms with Gasteiger partial charge in [0.15, 0.2) is 0 Å². The van der Waals surface area contributed by atoms with Gasteiger partial charge in [-0.15, -0.1) is 0 Å². The highest BCUT2D eigenvalue weighted by molar-refractivity contribution is 7.98. The van der Waals surface area contributed by atoms with Crippen molar-refractivity contribution in [2.45, 2.75) is 63.1 Å². The fourth-order valence-corrected chi connectivity index (χ4v) is 5.18. The highest BCUT2D eigenvalue weighted by atomic mass is 32.2. The molecule has 154 valence electrons. The van der Waals surface area contributed by atoms with Gasteiger partial charge in [0.2, 0.25) is 11.8 Å². The van der Waals surface area contributed by atoms with Crippen LogP contribution in [0.15, 0.2) is 30.3 Å². The molecule has 0 unspecified atom stereocenters. The highest BCUT2D eigenvalue weighted by Crippen LogP contribution is 2.35. The highest BCUT2D eigenvalue weighted by Gasteiger charge is 2.26. The predicted octanol–water partition coefficient (Wildman–Crippen LogP) is 3.86. The summed E-state index contributed by atoms with van der Waals surface area (Å²) in [7, 11) is 0. The third-order valence-electron chi connectivity index (χ3n) is 5.70. The zero-order chi connectivity index (χ0) is 20.1. The smallest absolute Gasteiger partial charge is 0.242 e. The van der Waals surface area contributed by atoms with Crippen molar-refractivity contribution in [2.75, 3.05) is 5.32 Å². The Kier molecular flexibility index (Phi) is 6.54. The first-order valence-electron chi connectivity index (χ1n) is 10.5. The van der Waals surface area contributed by atoms with E-state index in [-0.39, 0.29) is 18.4 Å². The molecule has 1 aromatic heterocycles. The number of rotatable bonds is 7. The van der Waals surface area contributed by atoms with Crippen LogP contribution < -0.4 is 10.6 Å². The molecule has 0 saturated heterocycles. The second kappa shape index (κ2) is 9.48. The molecule has 1 saturated carbocycles. The fraction of sp³-hybridized carbons (Fsp3) is 0.500. The summed E-state index contributed by atoms with van der Waals surface area (Å²) in [5, 5.41) is 10.6. The van der Waals surface area contributed by atoms with Gasteiger partial charge in [-0.05, 0) is 24.3 Å². The van der Waals surface area contributed by atoms with Crippen LogP contribution in [0, 0.1) is 5.92 Å². The molecule has 2 aliphatic rings. The first-order chi connectivity index (χ1) is 14.2. The molecule has 29 heavy (non-hydrogen) atoms. The lowest BCUT2D eigenvalue weighted by Crippen LogP contribution is -2.29. The molecule has 1 aromatic carbocycles. The molecular formula is C22H28N4O2S. The Morgan fingerprint density at radius 2 is 1.86 bits per heavy atom. The van der Waals surface area contributed by atoms with E-state index >= 15 is 0 Å². The van der Waals surface area contributed by atoms with Crippen molar-refractivity contribution in [3.05, 3.63) is 47.2 Å². The minimum absolute atomic E-state index is 0.0439. The van der Waals surface area contributed by atoms with E-state index in [0.29, 0.717) is 24.7 Å². The zero-order valence-corrected chi connectivity index (χ0v) is 17.5. The maximum Gasteiger partial charge on any atom is 0.242 e. The van der Waals surface area contributed by atoms with Crippen LogP contribution in [0.5, 0.6) is 0 Å². The van der Waals surface area contributed by atoms with Gasteiger partial charge in [0.05, 0.1) is 5.69 Å². The summed E-state index contributed by atoms with van der Waals surface area (Å²) in [5.74, 6) is 2.80.